The Balaban J connectivity index is 1.96. The van der Waals surface area contributed by atoms with Gasteiger partial charge in [-0.15, -0.1) is 0 Å². The van der Waals surface area contributed by atoms with Crippen molar-refractivity contribution in [2.24, 2.45) is 0 Å². The maximum Gasteiger partial charge on any atom is 0.138 e. The number of rotatable bonds is 4. The van der Waals surface area contributed by atoms with E-state index in [4.69, 9.17) is 10.00 Å². The number of thiocyanates is 1. The fourth-order valence-corrected chi connectivity index (χ4v) is 2.00. The molecule has 2 rings (SSSR count). The number of benzene rings is 2. The van der Waals surface area contributed by atoms with Gasteiger partial charge in [-0.25, -0.2) is 0 Å². The van der Waals surface area contributed by atoms with E-state index in [2.05, 4.69) is 19.1 Å². The van der Waals surface area contributed by atoms with Crippen molar-refractivity contribution in [2.45, 2.75) is 18.4 Å². The van der Waals surface area contributed by atoms with Gasteiger partial charge < -0.3 is 4.74 Å². The predicted molar refractivity (Wildman–Crippen MR) is 73.4 cm³/mol. The molecule has 0 saturated heterocycles. The zero-order valence-corrected chi connectivity index (χ0v) is 10.9. The summed E-state index contributed by atoms with van der Waals surface area (Å²) in [5.41, 5.74) is 2.39. The van der Waals surface area contributed by atoms with Crippen molar-refractivity contribution in [3.63, 3.8) is 0 Å². The van der Waals surface area contributed by atoms with E-state index in [-0.39, 0.29) is 0 Å². The molecule has 3 heteroatoms. The highest BCUT2D eigenvalue weighted by Gasteiger charge is 1.97. The van der Waals surface area contributed by atoms with Crippen LogP contribution in [0.4, 0.5) is 0 Å². The normalized spacial score (nSPS) is 9.78. The van der Waals surface area contributed by atoms with Crippen LogP contribution in [0.3, 0.4) is 0 Å². The first-order valence-corrected chi connectivity index (χ1v) is 6.44. The molecule has 0 heterocycles. The monoisotopic (exact) mass is 255 g/mol. The molecule has 0 aliphatic rings. The van der Waals surface area contributed by atoms with Crippen LogP contribution in [0, 0.1) is 17.6 Å². The van der Waals surface area contributed by atoms with Crippen LogP contribution in [0.15, 0.2) is 53.4 Å². The molecule has 18 heavy (non-hydrogen) atoms. The van der Waals surface area contributed by atoms with Crippen LogP contribution in [0.1, 0.15) is 11.1 Å². The average Bonchev–Trinajstić information content (AvgIpc) is 2.38. The van der Waals surface area contributed by atoms with Gasteiger partial charge in [-0.2, -0.15) is 5.26 Å². The molecule has 90 valence electrons. The number of aryl methyl sites for hydroxylation is 1. The van der Waals surface area contributed by atoms with E-state index in [1.165, 1.54) is 5.56 Å². The Morgan fingerprint density at radius 1 is 1.17 bits per heavy atom. The van der Waals surface area contributed by atoms with Crippen LogP contribution in [0.5, 0.6) is 5.75 Å². The molecule has 0 spiro atoms. The quantitative estimate of drug-likeness (QED) is 0.608. The Morgan fingerprint density at radius 2 is 1.94 bits per heavy atom. The third-order valence-corrected chi connectivity index (χ3v) is 3.07. The lowest BCUT2D eigenvalue weighted by Crippen LogP contribution is -1.95. The van der Waals surface area contributed by atoms with Crippen LogP contribution >= 0.6 is 11.8 Å². The highest BCUT2D eigenvalue weighted by molar-refractivity contribution is 8.03. The summed E-state index contributed by atoms with van der Waals surface area (Å²) < 4.78 is 5.69. The molecule has 2 aromatic rings. The summed E-state index contributed by atoms with van der Waals surface area (Å²) >= 11 is 1.15. The minimum Gasteiger partial charge on any atom is -0.489 e. The maximum absolute atomic E-state index is 8.55. The first-order valence-electron chi connectivity index (χ1n) is 5.62. The van der Waals surface area contributed by atoms with Gasteiger partial charge in [-0.3, -0.25) is 0 Å². The van der Waals surface area contributed by atoms with Gasteiger partial charge >= 0.3 is 0 Å². The lowest BCUT2D eigenvalue weighted by Gasteiger charge is -2.07. The Morgan fingerprint density at radius 3 is 2.61 bits per heavy atom. The van der Waals surface area contributed by atoms with Crippen molar-refractivity contribution in [2.75, 3.05) is 0 Å². The van der Waals surface area contributed by atoms with Crippen molar-refractivity contribution in [3.05, 3.63) is 59.7 Å². The van der Waals surface area contributed by atoms with Crippen LogP contribution in [-0.2, 0) is 6.61 Å². The lowest BCUT2D eigenvalue weighted by atomic mass is 10.1. The summed E-state index contributed by atoms with van der Waals surface area (Å²) in [5.74, 6) is 0.818. The minimum atomic E-state index is 0.562. The molecule has 0 fully saturated rings. The van der Waals surface area contributed by atoms with Crippen molar-refractivity contribution >= 4 is 11.8 Å². The van der Waals surface area contributed by atoms with E-state index in [1.54, 1.807) is 0 Å². The first-order chi connectivity index (χ1) is 8.78. The predicted octanol–water partition coefficient (Wildman–Crippen LogP) is 4.15. The van der Waals surface area contributed by atoms with E-state index >= 15 is 0 Å². The van der Waals surface area contributed by atoms with Crippen molar-refractivity contribution in [3.8, 4) is 11.2 Å². The molecular weight excluding hydrogens is 242 g/mol. The van der Waals surface area contributed by atoms with E-state index in [0.29, 0.717) is 6.61 Å². The Bertz CT molecular complexity index is 557. The summed E-state index contributed by atoms with van der Waals surface area (Å²) in [6, 6.07) is 15.8. The Labute approximate surface area is 111 Å². The van der Waals surface area contributed by atoms with Gasteiger partial charge in [-0.05, 0) is 48.5 Å². The lowest BCUT2D eigenvalue weighted by molar-refractivity contribution is 0.306. The maximum atomic E-state index is 8.55. The SMILES string of the molecule is Cc1cccc(COc2ccc(SC#N)cc2)c1. The third-order valence-electron chi connectivity index (χ3n) is 2.48. The van der Waals surface area contributed by atoms with Crippen molar-refractivity contribution < 1.29 is 4.74 Å². The van der Waals surface area contributed by atoms with Crippen LogP contribution in [-0.4, -0.2) is 0 Å². The second kappa shape index (κ2) is 6.13. The standard InChI is InChI=1S/C15H13NOS/c1-12-3-2-4-13(9-12)10-17-14-5-7-15(8-6-14)18-11-16/h2-9H,10H2,1H3. The average molecular weight is 255 g/mol. The van der Waals surface area contributed by atoms with E-state index in [0.717, 1.165) is 28.0 Å². The molecule has 0 atom stereocenters. The number of nitrogens with zero attached hydrogens (tertiary/aromatic N) is 1. The molecular formula is C15H13NOS. The van der Waals surface area contributed by atoms with Gasteiger partial charge in [0.15, 0.2) is 0 Å². The summed E-state index contributed by atoms with van der Waals surface area (Å²) in [6.45, 7) is 2.63. The highest BCUT2D eigenvalue weighted by atomic mass is 32.2. The van der Waals surface area contributed by atoms with Gasteiger partial charge in [0, 0.05) is 4.90 Å². The molecule has 0 saturated carbocycles. The molecule has 2 nitrogen and oxygen atoms in total. The Kier molecular flexibility index (Phi) is 4.27. The summed E-state index contributed by atoms with van der Waals surface area (Å²) in [4.78, 5) is 0.931. The third kappa shape index (κ3) is 3.54. The van der Waals surface area contributed by atoms with E-state index in [1.807, 2.05) is 41.8 Å². The molecule has 0 aliphatic heterocycles. The van der Waals surface area contributed by atoms with Gasteiger partial charge in [0.2, 0.25) is 0 Å². The minimum absolute atomic E-state index is 0.562. The second-order valence-corrected chi connectivity index (χ2v) is 4.80. The smallest absolute Gasteiger partial charge is 0.138 e. The summed E-state index contributed by atoms with van der Waals surface area (Å²) in [7, 11) is 0. The van der Waals surface area contributed by atoms with Crippen molar-refractivity contribution in [1.29, 1.82) is 5.26 Å². The van der Waals surface area contributed by atoms with Gasteiger partial charge in [-0.1, -0.05) is 29.8 Å². The van der Waals surface area contributed by atoms with E-state index < -0.39 is 0 Å². The number of nitriles is 1. The highest BCUT2D eigenvalue weighted by Crippen LogP contribution is 2.21. The van der Waals surface area contributed by atoms with Crippen LogP contribution < -0.4 is 4.74 Å². The molecule has 0 amide bonds. The number of hydrogen-bond acceptors (Lipinski definition) is 3. The molecule has 0 bridgehead atoms. The molecule has 0 aromatic heterocycles. The van der Waals surface area contributed by atoms with Crippen LogP contribution in [0.2, 0.25) is 0 Å². The second-order valence-electron chi connectivity index (χ2n) is 3.94. The number of ether oxygens (including phenoxy) is 1. The van der Waals surface area contributed by atoms with Gasteiger partial charge in [0.05, 0.1) is 0 Å². The number of thioether (sulfide) groups is 1. The fraction of sp³-hybridized carbons (Fsp3) is 0.133. The Hall–Kier alpha value is -1.92. The summed E-state index contributed by atoms with van der Waals surface area (Å²) in [5, 5.41) is 10.6. The molecule has 0 aliphatic carbocycles. The molecule has 0 unspecified atom stereocenters. The molecule has 2 aromatic carbocycles. The fourth-order valence-electron chi connectivity index (χ4n) is 1.63. The largest absolute Gasteiger partial charge is 0.489 e. The van der Waals surface area contributed by atoms with Gasteiger partial charge in [0.25, 0.3) is 0 Å². The topological polar surface area (TPSA) is 33.0 Å². The number of hydrogen-bond donors (Lipinski definition) is 0. The van der Waals surface area contributed by atoms with Crippen LogP contribution in [0.25, 0.3) is 0 Å². The molecule has 0 radical (unpaired) electrons. The first kappa shape index (κ1) is 12.5. The van der Waals surface area contributed by atoms with E-state index in [9.17, 15) is 0 Å². The summed E-state index contributed by atoms with van der Waals surface area (Å²) in [6.07, 6.45) is 0. The van der Waals surface area contributed by atoms with Gasteiger partial charge in [0.1, 0.15) is 17.8 Å². The van der Waals surface area contributed by atoms with Crippen molar-refractivity contribution in [1.82, 2.24) is 0 Å². The zero-order chi connectivity index (χ0) is 12.8. The zero-order valence-electron chi connectivity index (χ0n) is 10.1. The molecule has 0 N–H and O–H groups in total.